The number of carbonyl (C=O) groups is 2. The number of aliphatic imine (C=N–C) groups is 1. The summed E-state index contributed by atoms with van der Waals surface area (Å²) in [6, 6.07) is 7.74. The number of carbonyl (C=O) groups excluding carboxylic acids is 2. The number of nitrogens with zero attached hydrogens (tertiary/aromatic N) is 2. The van der Waals surface area contributed by atoms with E-state index in [2.05, 4.69) is 20.5 Å². The fourth-order valence-electron chi connectivity index (χ4n) is 3.32. The van der Waals surface area contributed by atoms with Gasteiger partial charge in [-0.05, 0) is 50.8 Å². The van der Waals surface area contributed by atoms with E-state index >= 15 is 0 Å². The van der Waals surface area contributed by atoms with Gasteiger partial charge in [0.1, 0.15) is 0 Å². The minimum atomic E-state index is -0.126. The SMILES string of the molecule is CCOC(=O)C1CCCN(C(=NC)NCc2ccc(C(=O)NC(C)CC)cc2)C1. The number of hydrogen-bond acceptors (Lipinski definition) is 4. The van der Waals surface area contributed by atoms with Gasteiger partial charge in [0, 0.05) is 38.3 Å². The summed E-state index contributed by atoms with van der Waals surface area (Å²) < 4.78 is 5.18. The predicted octanol–water partition coefficient (Wildman–Crippen LogP) is 2.57. The molecular weight excluding hydrogens is 368 g/mol. The van der Waals surface area contributed by atoms with Gasteiger partial charge in [-0.15, -0.1) is 0 Å². The topological polar surface area (TPSA) is 83.0 Å². The third kappa shape index (κ3) is 6.76. The Morgan fingerprint density at radius 2 is 2.00 bits per heavy atom. The van der Waals surface area contributed by atoms with Crippen LogP contribution in [0.4, 0.5) is 0 Å². The Kier molecular flexibility index (Phi) is 8.96. The lowest BCUT2D eigenvalue weighted by atomic mass is 9.98. The molecule has 2 rings (SSSR count). The highest BCUT2D eigenvalue weighted by Crippen LogP contribution is 2.18. The van der Waals surface area contributed by atoms with E-state index in [0.717, 1.165) is 37.3 Å². The molecule has 1 aliphatic heterocycles. The molecule has 1 aromatic rings. The van der Waals surface area contributed by atoms with Crippen molar-refractivity contribution >= 4 is 17.8 Å². The summed E-state index contributed by atoms with van der Waals surface area (Å²) in [4.78, 5) is 30.7. The molecule has 1 fully saturated rings. The van der Waals surface area contributed by atoms with Crippen LogP contribution in [-0.4, -0.2) is 55.5 Å². The van der Waals surface area contributed by atoms with Crippen LogP contribution in [0.1, 0.15) is 56.0 Å². The van der Waals surface area contributed by atoms with E-state index in [1.807, 2.05) is 45.0 Å². The molecule has 0 saturated carbocycles. The second-order valence-electron chi connectivity index (χ2n) is 7.42. The van der Waals surface area contributed by atoms with Gasteiger partial charge >= 0.3 is 5.97 Å². The van der Waals surface area contributed by atoms with E-state index in [9.17, 15) is 9.59 Å². The Morgan fingerprint density at radius 1 is 1.28 bits per heavy atom. The maximum atomic E-state index is 12.2. The second kappa shape index (κ2) is 11.4. The van der Waals surface area contributed by atoms with E-state index < -0.39 is 0 Å². The van der Waals surface area contributed by atoms with Crippen molar-refractivity contribution in [1.29, 1.82) is 0 Å². The lowest BCUT2D eigenvalue weighted by molar-refractivity contribution is -0.149. The summed E-state index contributed by atoms with van der Waals surface area (Å²) in [5, 5.41) is 6.33. The number of piperidine rings is 1. The molecule has 2 N–H and O–H groups in total. The molecule has 0 aromatic heterocycles. The molecule has 1 aromatic carbocycles. The molecule has 1 heterocycles. The van der Waals surface area contributed by atoms with Gasteiger partial charge in [0.15, 0.2) is 5.96 Å². The molecule has 2 unspecified atom stereocenters. The van der Waals surface area contributed by atoms with Crippen molar-refractivity contribution in [2.45, 2.75) is 52.6 Å². The van der Waals surface area contributed by atoms with Crippen molar-refractivity contribution in [2.24, 2.45) is 10.9 Å². The number of amides is 1. The first-order valence-electron chi connectivity index (χ1n) is 10.5. The van der Waals surface area contributed by atoms with Gasteiger partial charge in [0.05, 0.1) is 12.5 Å². The van der Waals surface area contributed by atoms with Gasteiger partial charge in [-0.1, -0.05) is 19.1 Å². The van der Waals surface area contributed by atoms with E-state index in [0.29, 0.717) is 25.3 Å². The number of likely N-dealkylation sites (tertiary alicyclic amines) is 1. The fourth-order valence-corrected chi connectivity index (χ4v) is 3.32. The van der Waals surface area contributed by atoms with Gasteiger partial charge < -0.3 is 20.3 Å². The van der Waals surface area contributed by atoms with Crippen LogP contribution in [0.15, 0.2) is 29.3 Å². The van der Waals surface area contributed by atoms with Crippen LogP contribution < -0.4 is 10.6 Å². The maximum absolute atomic E-state index is 12.2. The number of guanidine groups is 1. The molecule has 7 nitrogen and oxygen atoms in total. The highest BCUT2D eigenvalue weighted by molar-refractivity contribution is 5.94. The first-order chi connectivity index (χ1) is 14.0. The molecule has 1 amide bonds. The standard InChI is InChI=1S/C22H34N4O3/c1-5-16(3)25-20(27)18-11-9-17(10-12-18)14-24-22(23-4)26-13-7-8-19(15-26)21(28)29-6-2/h9-12,16,19H,5-8,13-15H2,1-4H3,(H,23,24)(H,25,27). The van der Waals surface area contributed by atoms with Gasteiger partial charge in [-0.25, -0.2) is 0 Å². The highest BCUT2D eigenvalue weighted by Gasteiger charge is 2.28. The van der Waals surface area contributed by atoms with Crippen molar-refractivity contribution in [3.05, 3.63) is 35.4 Å². The van der Waals surface area contributed by atoms with Crippen molar-refractivity contribution in [3.8, 4) is 0 Å². The van der Waals surface area contributed by atoms with Gasteiger partial charge in [0.25, 0.3) is 5.91 Å². The number of esters is 1. The molecule has 2 atom stereocenters. The first-order valence-corrected chi connectivity index (χ1v) is 10.5. The average molecular weight is 403 g/mol. The van der Waals surface area contributed by atoms with Crippen LogP contribution in [0.2, 0.25) is 0 Å². The van der Waals surface area contributed by atoms with Gasteiger partial charge in [0.2, 0.25) is 0 Å². The number of nitrogens with one attached hydrogen (secondary N) is 2. The zero-order valence-electron chi connectivity index (χ0n) is 18.0. The molecule has 1 aliphatic rings. The summed E-state index contributed by atoms with van der Waals surface area (Å²) in [6.45, 7) is 8.36. The third-order valence-corrected chi connectivity index (χ3v) is 5.21. The predicted molar refractivity (Wildman–Crippen MR) is 115 cm³/mol. The minimum Gasteiger partial charge on any atom is -0.466 e. The molecular formula is C22H34N4O3. The van der Waals surface area contributed by atoms with E-state index in [1.165, 1.54) is 0 Å². The molecule has 0 radical (unpaired) electrons. The molecule has 29 heavy (non-hydrogen) atoms. The lowest BCUT2D eigenvalue weighted by Gasteiger charge is -2.34. The molecule has 7 heteroatoms. The smallest absolute Gasteiger partial charge is 0.310 e. The minimum absolute atomic E-state index is 0.0482. The molecule has 0 aliphatic carbocycles. The van der Waals surface area contributed by atoms with E-state index in [4.69, 9.17) is 4.74 Å². The van der Waals surface area contributed by atoms with Crippen LogP contribution in [0.5, 0.6) is 0 Å². The Labute approximate surface area is 173 Å². The first kappa shape index (κ1) is 22.7. The number of benzene rings is 1. The normalized spacial score (nSPS) is 18.1. The third-order valence-electron chi connectivity index (χ3n) is 5.21. The number of ether oxygens (including phenoxy) is 1. The Balaban J connectivity index is 1.90. The largest absolute Gasteiger partial charge is 0.466 e. The summed E-state index contributed by atoms with van der Waals surface area (Å²) in [6.07, 6.45) is 2.69. The van der Waals surface area contributed by atoms with E-state index in [-0.39, 0.29) is 23.8 Å². The molecule has 0 spiro atoms. The van der Waals surface area contributed by atoms with Crippen LogP contribution in [0.25, 0.3) is 0 Å². The Morgan fingerprint density at radius 3 is 2.62 bits per heavy atom. The Hall–Kier alpha value is -2.57. The fraction of sp³-hybridized carbons (Fsp3) is 0.591. The zero-order chi connectivity index (χ0) is 21.2. The van der Waals surface area contributed by atoms with Crippen molar-refractivity contribution in [1.82, 2.24) is 15.5 Å². The molecule has 1 saturated heterocycles. The number of rotatable bonds is 7. The molecule has 160 valence electrons. The van der Waals surface area contributed by atoms with Crippen molar-refractivity contribution in [2.75, 3.05) is 26.7 Å². The van der Waals surface area contributed by atoms with Crippen LogP contribution in [-0.2, 0) is 16.1 Å². The van der Waals surface area contributed by atoms with Crippen LogP contribution in [0.3, 0.4) is 0 Å². The monoisotopic (exact) mass is 402 g/mol. The Bertz CT molecular complexity index is 703. The summed E-state index contributed by atoms with van der Waals surface area (Å²) in [5.74, 6) is 0.495. The summed E-state index contributed by atoms with van der Waals surface area (Å²) in [7, 11) is 1.75. The van der Waals surface area contributed by atoms with Crippen molar-refractivity contribution < 1.29 is 14.3 Å². The second-order valence-corrected chi connectivity index (χ2v) is 7.42. The van der Waals surface area contributed by atoms with Gasteiger partial charge in [-0.2, -0.15) is 0 Å². The summed E-state index contributed by atoms with van der Waals surface area (Å²) >= 11 is 0. The number of hydrogen-bond donors (Lipinski definition) is 2. The summed E-state index contributed by atoms with van der Waals surface area (Å²) in [5.41, 5.74) is 1.72. The molecule has 0 bridgehead atoms. The quantitative estimate of drug-likeness (QED) is 0.416. The maximum Gasteiger partial charge on any atom is 0.310 e. The highest BCUT2D eigenvalue weighted by atomic mass is 16.5. The van der Waals surface area contributed by atoms with Crippen LogP contribution in [0, 0.1) is 5.92 Å². The van der Waals surface area contributed by atoms with Crippen molar-refractivity contribution in [3.63, 3.8) is 0 Å². The average Bonchev–Trinajstić information content (AvgIpc) is 2.74. The van der Waals surface area contributed by atoms with Gasteiger partial charge in [-0.3, -0.25) is 14.6 Å². The lowest BCUT2D eigenvalue weighted by Crippen LogP contribution is -2.48. The zero-order valence-corrected chi connectivity index (χ0v) is 18.0. The van der Waals surface area contributed by atoms with Crippen LogP contribution >= 0.6 is 0 Å². The van der Waals surface area contributed by atoms with E-state index in [1.54, 1.807) is 7.05 Å².